The first-order valence-corrected chi connectivity index (χ1v) is 8.87. The van der Waals surface area contributed by atoms with Gasteiger partial charge in [-0.2, -0.15) is 0 Å². The number of nitrogens with two attached hydrogens (primary N) is 1. The van der Waals surface area contributed by atoms with Crippen LogP contribution in [0.1, 0.15) is 36.4 Å². The molecule has 0 aromatic heterocycles. The SMILES string of the molecule is Cl.NC[C@H]1CCC[C@H]1C(=O)NC(Cc1ccccc1)c1ccccc1. The van der Waals surface area contributed by atoms with Crippen molar-refractivity contribution in [1.29, 1.82) is 0 Å². The summed E-state index contributed by atoms with van der Waals surface area (Å²) in [5, 5.41) is 3.29. The van der Waals surface area contributed by atoms with Gasteiger partial charge in [0.05, 0.1) is 6.04 Å². The van der Waals surface area contributed by atoms with Crippen LogP contribution in [0.15, 0.2) is 60.7 Å². The third-order valence-corrected chi connectivity index (χ3v) is 5.10. The van der Waals surface area contributed by atoms with Gasteiger partial charge >= 0.3 is 0 Å². The Kier molecular flexibility index (Phi) is 7.48. The van der Waals surface area contributed by atoms with Crippen molar-refractivity contribution < 1.29 is 4.79 Å². The zero-order valence-corrected chi connectivity index (χ0v) is 15.3. The number of rotatable bonds is 6. The van der Waals surface area contributed by atoms with Crippen LogP contribution in [0.5, 0.6) is 0 Å². The number of carbonyl (C=O) groups excluding carboxylic acids is 1. The minimum atomic E-state index is 0. The quantitative estimate of drug-likeness (QED) is 0.823. The average molecular weight is 359 g/mol. The van der Waals surface area contributed by atoms with E-state index in [2.05, 4.69) is 29.6 Å². The fraction of sp³-hybridized carbons (Fsp3) is 0.381. The summed E-state index contributed by atoms with van der Waals surface area (Å²) in [6, 6.07) is 20.6. The Balaban J connectivity index is 0.00000225. The van der Waals surface area contributed by atoms with Crippen molar-refractivity contribution in [2.45, 2.75) is 31.7 Å². The molecule has 1 amide bonds. The van der Waals surface area contributed by atoms with Crippen LogP contribution in [0.3, 0.4) is 0 Å². The average Bonchev–Trinajstić information content (AvgIpc) is 3.12. The Morgan fingerprint density at radius 1 is 1.04 bits per heavy atom. The molecule has 0 aliphatic heterocycles. The molecule has 2 aromatic carbocycles. The van der Waals surface area contributed by atoms with Gasteiger partial charge in [-0.25, -0.2) is 0 Å². The van der Waals surface area contributed by atoms with Crippen LogP contribution >= 0.6 is 12.4 Å². The first-order valence-electron chi connectivity index (χ1n) is 8.87. The van der Waals surface area contributed by atoms with Gasteiger partial charge in [0, 0.05) is 5.92 Å². The maximum atomic E-state index is 12.8. The second-order valence-corrected chi connectivity index (χ2v) is 6.69. The van der Waals surface area contributed by atoms with Crippen molar-refractivity contribution in [3.8, 4) is 0 Å². The maximum absolute atomic E-state index is 12.8. The molecule has 0 bridgehead atoms. The van der Waals surface area contributed by atoms with Crippen molar-refractivity contribution in [3.63, 3.8) is 0 Å². The summed E-state index contributed by atoms with van der Waals surface area (Å²) in [5.74, 6) is 0.558. The Labute approximate surface area is 156 Å². The van der Waals surface area contributed by atoms with Crippen LogP contribution < -0.4 is 11.1 Å². The summed E-state index contributed by atoms with van der Waals surface area (Å²) in [4.78, 5) is 12.8. The number of benzene rings is 2. The fourth-order valence-corrected chi connectivity index (χ4v) is 3.73. The topological polar surface area (TPSA) is 55.1 Å². The van der Waals surface area contributed by atoms with Crippen molar-refractivity contribution >= 4 is 18.3 Å². The number of carbonyl (C=O) groups is 1. The number of nitrogens with one attached hydrogen (secondary N) is 1. The van der Waals surface area contributed by atoms with E-state index in [0.717, 1.165) is 31.2 Å². The molecule has 3 atom stereocenters. The highest BCUT2D eigenvalue weighted by Gasteiger charge is 2.33. The smallest absolute Gasteiger partial charge is 0.223 e. The predicted molar refractivity (Wildman–Crippen MR) is 105 cm³/mol. The second kappa shape index (κ2) is 9.59. The first-order chi connectivity index (χ1) is 11.8. The first kappa shape index (κ1) is 19.5. The van der Waals surface area contributed by atoms with Crippen LogP contribution in [0.25, 0.3) is 0 Å². The minimum absolute atomic E-state index is 0. The molecule has 0 radical (unpaired) electrons. The lowest BCUT2D eigenvalue weighted by Gasteiger charge is -2.24. The monoisotopic (exact) mass is 358 g/mol. The van der Waals surface area contributed by atoms with Crippen molar-refractivity contribution in [2.75, 3.05) is 6.54 Å². The van der Waals surface area contributed by atoms with Gasteiger partial charge in [0.1, 0.15) is 0 Å². The summed E-state index contributed by atoms with van der Waals surface area (Å²) in [6.45, 7) is 0.604. The van der Waals surface area contributed by atoms with Crippen LogP contribution in [0, 0.1) is 11.8 Å². The largest absolute Gasteiger partial charge is 0.349 e. The molecule has 0 saturated heterocycles. The highest BCUT2D eigenvalue weighted by atomic mass is 35.5. The normalized spacial score (nSPS) is 20.5. The lowest BCUT2D eigenvalue weighted by atomic mass is 9.93. The van der Waals surface area contributed by atoms with Gasteiger partial charge in [0.25, 0.3) is 0 Å². The van der Waals surface area contributed by atoms with Gasteiger partial charge in [-0.1, -0.05) is 67.1 Å². The molecule has 0 heterocycles. The van der Waals surface area contributed by atoms with Crippen LogP contribution in [0.2, 0.25) is 0 Å². The summed E-state index contributed by atoms with van der Waals surface area (Å²) in [6.07, 6.45) is 3.94. The van der Waals surface area contributed by atoms with E-state index in [1.165, 1.54) is 5.56 Å². The van der Waals surface area contributed by atoms with E-state index >= 15 is 0 Å². The van der Waals surface area contributed by atoms with Crippen LogP contribution in [0.4, 0.5) is 0 Å². The molecule has 1 saturated carbocycles. The predicted octanol–water partition coefficient (Wildman–Crippen LogP) is 3.88. The zero-order chi connectivity index (χ0) is 16.8. The Morgan fingerprint density at radius 2 is 1.68 bits per heavy atom. The molecular formula is C21H27ClN2O. The van der Waals surface area contributed by atoms with E-state index in [-0.39, 0.29) is 30.3 Å². The molecule has 3 rings (SSSR count). The van der Waals surface area contributed by atoms with Gasteiger partial charge in [-0.15, -0.1) is 12.4 Å². The highest BCUT2D eigenvalue weighted by Crippen LogP contribution is 2.32. The standard InChI is InChI=1S/C21H26N2O.ClH/c22-15-18-12-7-13-19(18)21(24)23-20(17-10-5-2-6-11-17)14-16-8-3-1-4-9-16;/h1-6,8-11,18-20H,7,12-15,22H2,(H,23,24);1H/t18-,19-,20?;/m1./s1. The molecule has 25 heavy (non-hydrogen) atoms. The van der Waals surface area contributed by atoms with E-state index in [9.17, 15) is 4.79 Å². The van der Waals surface area contributed by atoms with E-state index in [1.54, 1.807) is 0 Å². The second-order valence-electron chi connectivity index (χ2n) is 6.69. The molecule has 2 aromatic rings. The van der Waals surface area contributed by atoms with Crippen molar-refractivity contribution in [1.82, 2.24) is 5.32 Å². The molecule has 1 aliphatic rings. The van der Waals surface area contributed by atoms with Gasteiger partial charge in [-0.05, 0) is 42.9 Å². The molecule has 3 nitrogen and oxygen atoms in total. The highest BCUT2D eigenvalue weighted by molar-refractivity contribution is 5.85. The van der Waals surface area contributed by atoms with E-state index in [1.807, 2.05) is 36.4 Å². The van der Waals surface area contributed by atoms with Crippen LogP contribution in [-0.4, -0.2) is 12.5 Å². The Hall–Kier alpha value is -1.84. The number of halogens is 1. The summed E-state index contributed by atoms with van der Waals surface area (Å²) in [5.41, 5.74) is 8.23. The third kappa shape index (κ3) is 5.07. The summed E-state index contributed by atoms with van der Waals surface area (Å²) in [7, 11) is 0. The lowest BCUT2D eigenvalue weighted by molar-refractivity contribution is -0.126. The van der Waals surface area contributed by atoms with E-state index in [4.69, 9.17) is 5.73 Å². The van der Waals surface area contributed by atoms with Gasteiger partial charge in [-0.3, -0.25) is 4.79 Å². The van der Waals surface area contributed by atoms with Gasteiger partial charge < -0.3 is 11.1 Å². The van der Waals surface area contributed by atoms with Crippen molar-refractivity contribution in [2.24, 2.45) is 17.6 Å². The van der Waals surface area contributed by atoms with Gasteiger partial charge in [0.15, 0.2) is 0 Å². The summed E-state index contributed by atoms with van der Waals surface area (Å²) >= 11 is 0. The summed E-state index contributed by atoms with van der Waals surface area (Å²) < 4.78 is 0. The fourth-order valence-electron chi connectivity index (χ4n) is 3.73. The molecule has 4 heteroatoms. The number of hydrogen-bond acceptors (Lipinski definition) is 2. The Morgan fingerprint density at radius 3 is 2.32 bits per heavy atom. The van der Waals surface area contributed by atoms with Gasteiger partial charge in [0.2, 0.25) is 5.91 Å². The van der Waals surface area contributed by atoms with E-state index < -0.39 is 0 Å². The molecule has 3 N–H and O–H groups in total. The van der Waals surface area contributed by atoms with Crippen molar-refractivity contribution in [3.05, 3.63) is 71.8 Å². The molecule has 134 valence electrons. The third-order valence-electron chi connectivity index (χ3n) is 5.10. The minimum Gasteiger partial charge on any atom is -0.349 e. The van der Waals surface area contributed by atoms with Crippen LogP contribution in [-0.2, 0) is 11.2 Å². The molecule has 0 spiro atoms. The zero-order valence-electron chi connectivity index (χ0n) is 14.4. The molecule has 1 aliphatic carbocycles. The number of hydrogen-bond donors (Lipinski definition) is 2. The maximum Gasteiger partial charge on any atom is 0.223 e. The Bertz CT molecular complexity index is 647. The molecule has 1 fully saturated rings. The molecule has 1 unspecified atom stereocenters. The van der Waals surface area contributed by atoms with E-state index in [0.29, 0.717) is 12.5 Å². The molecular weight excluding hydrogens is 332 g/mol. The number of amides is 1. The lowest BCUT2D eigenvalue weighted by Crippen LogP contribution is -2.38.